The maximum Gasteiger partial charge on any atom is 2.00 e. The Morgan fingerprint density at radius 2 is 0.386 bits per heavy atom. The zero-order chi connectivity index (χ0) is 94.8. The van der Waals surface area contributed by atoms with Crippen molar-refractivity contribution in [1.29, 1.82) is 0 Å². The molecule has 36 heteroatoms. The molecular formula is C104H72BrCl7F8N16Pt4. The summed E-state index contributed by atoms with van der Waals surface area (Å²) in [6.45, 7) is 0. The number of nitrogens with zero attached hydrogens (tertiary/aromatic N) is 16. The van der Waals surface area contributed by atoms with Crippen LogP contribution in [0, 0.1) is 96.1 Å². The van der Waals surface area contributed by atoms with Crippen molar-refractivity contribution < 1.29 is 119 Å². The van der Waals surface area contributed by atoms with Crippen LogP contribution in [0.1, 0.15) is 174 Å². The van der Waals surface area contributed by atoms with Crippen LogP contribution in [-0.2, 0) is 106 Å². The van der Waals surface area contributed by atoms with Gasteiger partial charge in [-0.2, -0.15) is 0 Å². The fourth-order valence-electron chi connectivity index (χ4n) is 18.3. The van der Waals surface area contributed by atoms with E-state index < -0.39 is 63.8 Å². The molecule has 0 amide bonds. The molecule has 16 aromatic heterocycles. The molecule has 0 unspecified atom stereocenters. The molecule has 4 saturated carbocycles. The normalized spacial score (nSPS) is 14.9. The second-order valence-corrected chi connectivity index (χ2v) is 36.4. The SMILES string of the molecule is Clc1c[c-]c(-c2cccc(C3(c4cccc(-c5[c-]cc(Cl)nc5Cl)n4)CCCCC3)n2)c(Cl)n1.Fc1c[c-]c(-c2cccc(C3(c4cccc(-c5[c-]cc(Br)nc5F)n4)CCCCC3)n2)c(F)n1.Fc1c[c-]c(-c2cccc(C3(c4cccc(-c5[c-]cc(Cl)nc5Cl)n4)CCCCC3)n2)c(F)n1.Fc1c[c-]c(-c2cccc(C3(c4cccc(-c5[c-]cc(Cl)nc5F)n4)CCCCC3)n2)c(F)n1.[Pt+2].[Pt+2].[Pt+2].[Pt+2]. The van der Waals surface area contributed by atoms with Crippen molar-refractivity contribution in [2.24, 2.45) is 0 Å². The van der Waals surface area contributed by atoms with E-state index in [9.17, 15) is 35.1 Å². The molecule has 4 aliphatic rings. The van der Waals surface area contributed by atoms with Gasteiger partial charge in [-0.1, -0.05) is 253 Å². The molecule has 16 aromatic rings. The smallest absolute Gasteiger partial charge is 0.321 e. The predicted octanol–water partition coefficient (Wildman–Crippen LogP) is 28.2. The van der Waals surface area contributed by atoms with Gasteiger partial charge < -0.3 is 64.8 Å². The number of pyridine rings is 16. The molecule has 0 bridgehead atoms. The van der Waals surface area contributed by atoms with Crippen LogP contribution in [0.5, 0.6) is 0 Å². The average molecular weight is 2810 g/mol. The van der Waals surface area contributed by atoms with Gasteiger partial charge in [0.25, 0.3) is 0 Å². The van der Waals surface area contributed by atoms with E-state index in [-0.39, 0.29) is 143 Å². The van der Waals surface area contributed by atoms with Crippen LogP contribution < -0.4 is 0 Å². The van der Waals surface area contributed by atoms with Crippen LogP contribution in [0.15, 0.2) is 199 Å². The molecule has 0 spiro atoms. The third-order valence-corrected chi connectivity index (χ3v) is 26.8. The van der Waals surface area contributed by atoms with E-state index in [0.29, 0.717) is 82.8 Å². The summed E-state index contributed by atoms with van der Waals surface area (Å²) in [5, 5.41) is 1.63. The van der Waals surface area contributed by atoms with Gasteiger partial charge in [-0.15, -0.1) is 160 Å². The van der Waals surface area contributed by atoms with Crippen molar-refractivity contribution in [2.75, 3.05) is 0 Å². The molecule has 0 radical (unpaired) electrons. The Morgan fingerprint density at radius 1 is 0.207 bits per heavy atom. The molecule has 0 saturated heterocycles. The number of aromatic nitrogens is 16. The molecule has 4 fully saturated rings. The van der Waals surface area contributed by atoms with Crippen molar-refractivity contribution >= 4 is 97.1 Å². The van der Waals surface area contributed by atoms with E-state index in [0.717, 1.165) is 180 Å². The maximum absolute atomic E-state index is 14.5. The van der Waals surface area contributed by atoms with Crippen LogP contribution in [0.3, 0.4) is 0 Å². The molecule has 0 aliphatic heterocycles. The summed E-state index contributed by atoms with van der Waals surface area (Å²) in [7, 11) is 0. The number of hydrogen-bond donors (Lipinski definition) is 0. The van der Waals surface area contributed by atoms with Crippen molar-refractivity contribution in [3.63, 3.8) is 0 Å². The minimum absolute atomic E-state index is 0. The molecule has 720 valence electrons. The molecule has 16 heterocycles. The van der Waals surface area contributed by atoms with Gasteiger partial charge in [0.15, 0.2) is 0 Å². The van der Waals surface area contributed by atoms with Gasteiger partial charge in [-0.05, 0) is 145 Å². The van der Waals surface area contributed by atoms with E-state index in [1.807, 2.05) is 91.0 Å². The third kappa shape index (κ3) is 24.3. The molecular weight excluding hydrogens is 2730 g/mol. The topological polar surface area (TPSA) is 206 Å². The van der Waals surface area contributed by atoms with Gasteiger partial charge in [0.05, 0.1) is 21.7 Å². The minimum atomic E-state index is -0.969. The maximum atomic E-state index is 14.5. The first-order valence-corrected chi connectivity index (χ1v) is 47.0. The number of halogens is 16. The number of rotatable bonds is 16. The summed E-state index contributed by atoms with van der Waals surface area (Å²) < 4.78 is 112. The van der Waals surface area contributed by atoms with Crippen LogP contribution in [0.2, 0.25) is 36.1 Å². The van der Waals surface area contributed by atoms with Crippen LogP contribution in [-0.4, -0.2) is 79.7 Å². The zero-order valence-electron chi connectivity index (χ0n) is 73.1. The Bertz CT molecular complexity index is 5900. The Labute approximate surface area is 903 Å². The van der Waals surface area contributed by atoms with E-state index in [4.69, 9.17) is 121 Å². The average Bonchev–Trinajstić information content (AvgIpc) is 0.767. The van der Waals surface area contributed by atoms with Crippen LogP contribution in [0.25, 0.3) is 90.1 Å². The van der Waals surface area contributed by atoms with Crippen molar-refractivity contribution in [2.45, 2.75) is 150 Å². The Hall–Kier alpha value is -8.90. The van der Waals surface area contributed by atoms with E-state index in [1.54, 1.807) is 66.7 Å². The summed E-state index contributed by atoms with van der Waals surface area (Å²) in [6, 6.07) is 78.1. The van der Waals surface area contributed by atoms with E-state index >= 15 is 0 Å². The second-order valence-electron chi connectivity index (χ2n) is 32.9. The van der Waals surface area contributed by atoms with Gasteiger partial charge >= 0.3 is 84.3 Å². The summed E-state index contributed by atoms with van der Waals surface area (Å²) in [5.74, 6) is -7.08. The minimum Gasteiger partial charge on any atom is -0.321 e. The Balaban J connectivity index is 0.000000156. The first-order chi connectivity index (χ1) is 65.8. The molecule has 140 heavy (non-hydrogen) atoms. The number of hydrogen-bond acceptors (Lipinski definition) is 16. The quantitative estimate of drug-likeness (QED) is 0.0501. The fraction of sp³-hybridized carbons (Fsp3) is 0.231. The predicted molar refractivity (Wildman–Crippen MR) is 508 cm³/mol. The molecule has 0 atom stereocenters. The zero-order valence-corrected chi connectivity index (χ0v) is 89.1. The van der Waals surface area contributed by atoms with Crippen LogP contribution >= 0.6 is 97.1 Å². The van der Waals surface area contributed by atoms with Gasteiger partial charge in [-0.25, -0.2) is 35.1 Å². The molecule has 4 aliphatic carbocycles. The fourth-order valence-corrected chi connectivity index (χ4v) is 20.0. The standard InChI is InChI=1S/C26H18BrF3N4.C26H18Cl4N4.C26H18Cl2F2N4.C26H18ClF3N4.4Pt/c2*27-22-12-10-16(24(29)33-22)18-6-4-8-20(31-18)26(14-2-1-3-15-26)21-9-5-7-19(32-21)17-11-13-23(28)34-25(17)30;27-22-12-10-16(24(28)33-22)18-6-4-8-20(31-18)26(14-2-1-3-15-26)21-9-5-7-19(32-21)17-11-13-23(29)34-25(17)30;27-22-12-10-16(24(29)33-22)18-6-4-8-20(31-18)26(14-2-1-3-15-26)21-9-5-7-19(32-21)17-11-13-23(28)34-25(17)30;;;;/h4*4-9,12-13H,1-3,14-15H2;;;;/q4*-2;4*+2. The van der Waals surface area contributed by atoms with Gasteiger partial charge in [-0.3, -0.25) is 15.0 Å². The molecule has 0 N–H and O–H groups in total. The first kappa shape index (κ1) is 108. The van der Waals surface area contributed by atoms with Crippen molar-refractivity contribution in [3.05, 3.63) is 376 Å². The van der Waals surface area contributed by atoms with Crippen LogP contribution in [0.4, 0.5) is 35.1 Å². The summed E-state index contributed by atoms with van der Waals surface area (Å²) in [6.07, 6.45) is 19.2. The van der Waals surface area contributed by atoms with E-state index in [1.165, 1.54) is 12.5 Å². The first-order valence-electron chi connectivity index (χ1n) is 43.6. The molecule has 16 nitrogen and oxygen atoms in total. The molecule has 20 rings (SSSR count). The summed E-state index contributed by atoms with van der Waals surface area (Å²) >= 11 is 45.8. The van der Waals surface area contributed by atoms with Gasteiger partial charge in [0.1, 0.15) is 47.6 Å². The summed E-state index contributed by atoms with van der Waals surface area (Å²) in [5.41, 5.74) is 10.5. The van der Waals surface area contributed by atoms with Gasteiger partial charge in [0.2, 0.25) is 0 Å². The van der Waals surface area contributed by atoms with Crippen molar-refractivity contribution in [3.8, 4) is 90.1 Å². The van der Waals surface area contributed by atoms with E-state index in [2.05, 4.69) is 116 Å². The Morgan fingerprint density at radius 3 is 0.586 bits per heavy atom. The van der Waals surface area contributed by atoms with Gasteiger partial charge in [0, 0.05) is 86.2 Å². The largest absolute Gasteiger partial charge is 2.00 e. The monoisotopic (exact) mass is 2800 g/mol. The Kier molecular flexibility index (Phi) is 37.7. The summed E-state index contributed by atoms with van der Waals surface area (Å²) in [4.78, 5) is 68.6. The molecule has 0 aromatic carbocycles. The third-order valence-electron chi connectivity index (χ3n) is 24.8. The van der Waals surface area contributed by atoms with Crippen molar-refractivity contribution in [1.82, 2.24) is 79.7 Å². The second kappa shape index (κ2) is 48.7.